The van der Waals surface area contributed by atoms with E-state index in [2.05, 4.69) is 92.1 Å². The average molecular weight is 804 g/mol. The van der Waals surface area contributed by atoms with Gasteiger partial charge in [0.15, 0.2) is 0 Å². The fourth-order valence-electron chi connectivity index (χ4n) is 5.62. The quantitative estimate of drug-likeness (QED) is 0.0248. The molecule has 0 saturated heterocycles. The van der Waals surface area contributed by atoms with Crippen LogP contribution in [0.5, 0.6) is 0 Å². The number of amides is 1. The number of rotatable bonds is 38. The Morgan fingerprint density at radius 3 is 1.62 bits per heavy atom. The third kappa shape index (κ3) is 39.9. The molecule has 0 bridgehead atoms. The third-order valence-corrected chi connectivity index (χ3v) is 10.1. The van der Waals surface area contributed by atoms with E-state index in [9.17, 15) is 19.4 Å². The number of aliphatic hydroxyl groups excluding tert-OH is 1. The van der Waals surface area contributed by atoms with Crippen LogP contribution in [0.15, 0.2) is 85.1 Å². The molecule has 0 aromatic rings. The van der Waals surface area contributed by atoms with Gasteiger partial charge in [-0.25, -0.2) is 4.57 Å². The number of hydrogen-bond acceptors (Lipinski definition) is 5. The second-order valence-corrected chi connectivity index (χ2v) is 17.1. The topological polar surface area (TPSA) is 105 Å². The molecule has 0 rings (SSSR count). The Hall–Kier alpha value is -2.32. The van der Waals surface area contributed by atoms with Gasteiger partial charge in [-0.2, -0.15) is 0 Å². The van der Waals surface area contributed by atoms with Gasteiger partial charge in [0, 0.05) is 6.42 Å². The van der Waals surface area contributed by atoms with Crippen LogP contribution in [-0.2, 0) is 18.4 Å². The molecule has 3 atom stereocenters. The zero-order chi connectivity index (χ0) is 41.4. The number of phosphoric acid groups is 1. The third-order valence-electron chi connectivity index (χ3n) is 9.08. The Bertz CT molecular complexity index is 1180. The number of nitrogens with one attached hydrogen (secondary N) is 1. The maximum Gasteiger partial charge on any atom is 0.472 e. The van der Waals surface area contributed by atoms with E-state index in [0.29, 0.717) is 17.4 Å². The van der Waals surface area contributed by atoms with E-state index in [0.717, 1.165) is 77.0 Å². The summed E-state index contributed by atoms with van der Waals surface area (Å²) in [5.41, 5.74) is 0. The fourth-order valence-corrected chi connectivity index (χ4v) is 6.35. The van der Waals surface area contributed by atoms with Crippen LogP contribution >= 0.6 is 7.82 Å². The Morgan fingerprint density at radius 1 is 0.625 bits per heavy atom. The summed E-state index contributed by atoms with van der Waals surface area (Å²) in [6.45, 7) is 4.54. The number of hydrogen-bond donors (Lipinski definition) is 3. The van der Waals surface area contributed by atoms with Crippen molar-refractivity contribution >= 4 is 13.7 Å². The van der Waals surface area contributed by atoms with Crippen LogP contribution in [-0.4, -0.2) is 73.4 Å². The van der Waals surface area contributed by atoms with Gasteiger partial charge >= 0.3 is 7.82 Å². The Labute approximate surface area is 344 Å². The summed E-state index contributed by atoms with van der Waals surface area (Å²) in [5, 5.41) is 13.7. The molecule has 1 amide bonds. The Morgan fingerprint density at radius 2 is 1.09 bits per heavy atom. The molecule has 0 aliphatic heterocycles. The summed E-state index contributed by atoms with van der Waals surface area (Å²) in [4.78, 5) is 23.0. The molecule has 0 aromatic heterocycles. The lowest BCUT2D eigenvalue weighted by molar-refractivity contribution is -0.870. The summed E-state index contributed by atoms with van der Waals surface area (Å²) in [6, 6.07) is -0.866. The number of allylic oxidation sites excluding steroid dienone is 13. The van der Waals surface area contributed by atoms with Crippen LogP contribution in [0.2, 0.25) is 0 Å². The standard InChI is InChI=1S/C47H83N2O6P/c1-6-8-10-12-14-15-16-17-18-19-20-21-22-23-24-25-26-27-28-29-30-31-32-33-35-37-39-41-47(51)48-45(46(50)40-38-36-34-13-11-9-7-2)44-55-56(52,53)54-43-42-49(3,4)5/h8,10-11,13-15,17-18,20-21,23-24,38,40,45-46,50H,6-7,9,12,16,19,22,25-37,39,41-44H2,1-5H3,(H-,48,51,52,53)/p+1/b10-8-,13-11+,15-14-,18-17-,21-20-,24-23-,40-38+. The van der Waals surface area contributed by atoms with Gasteiger partial charge in [-0.1, -0.05) is 163 Å². The van der Waals surface area contributed by atoms with E-state index < -0.39 is 20.0 Å². The average Bonchev–Trinajstić information content (AvgIpc) is 3.15. The summed E-state index contributed by atoms with van der Waals surface area (Å²) < 4.78 is 23.4. The Balaban J connectivity index is 4.14. The molecule has 0 heterocycles. The lowest BCUT2D eigenvalue weighted by Gasteiger charge is -2.25. The van der Waals surface area contributed by atoms with E-state index in [1.54, 1.807) is 6.08 Å². The molecule has 0 spiro atoms. The molecular formula is C47H84N2O6P+. The number of likely N-dealkylation sites (N-methyl/N-ethyl adjacent to an activating group) is 1. The second-order valence-electron chi connectivity index (χ2n) is 15.7. The second kappa shape index (κ2) is 38.2. The predicted octanol–water partition coefficient (Wildman–Crippen LogP) is 12.2. The van der Waals surface area contributed by atoms with Gasteiger partial charge in [-0.05, 0) is 70.6 Å². The molecule has 0 fully saturated rings. The minimum Gasteiger partial charge on any atom is -0.387 e. The monoisotopic (exact) mass is 804 g/mol. The van der Waals surface area contributed by atoms with E-state index >= 15 is 0 Å². The zero-order valence-corrected chi connectivity index (χ0v) is 37.2. The van der Waals surface area contributed by atoms with Crippen LogP contribution < -0.4 is 5.32 Å². The highest BCUT2D eigenvalue weighted by Gasteiger charge is 2.27. The van der Waals surface area contributed by atoms with Gasteiger partial charge in [0.05, 0.1) is 39.9 Å². The van der Waals surface area contributed by atoms with Crippen molar-refractivity contribution in [3.63, 3.8) is 0 Å². The molecule has 0 aliphatic rings. The lowest BCUT2D eigenvalue weighted by Crippen LogP contribution is -2.45. The molecule has 0 aromatic carbocycles. The van der Waals surface area contributed by atoms with Crippen molar-refractivity contribution in [3.8, 4) is 0 Å². The molecular weight excluding hydrogens is 719 g/mol. The highest BCUT2D eigenvalue weighted by molar-refractivity contribution is 7.47. The minimum absolute atomic E-state index is 0.0509. The number of aliphatic hydroxyl groups is 1. The molecule has 322 valence electrons. The van der Waals surface area contributed by atoms with Gasteiger partial charge in [-0.3, -0.25) is 13.8 Å². The molecule has 8 nitrogen and oxygen atoms in total. The van der Waals surface area contributed by atoms with Crippen molar-refractivity contribution in [2.24, 2.45) is 0 Å². The number of carbonyl (C=O) groups excluding carboxylic acids is 1. The predicted molar refractivity (Wildman–Crippen MR) is 239 cm³/mol. The minimum atomic E-state index is -4.34. The van der Waals surface area contributed by atoms with Crippen molar-refractivity contribution in [2.75, 3.05) is 40.9 Å². The first-order valence-corrected chi connectivity index (χ1v) is 23.5. The Kier molecular flexibility index (Phi) is 36.6. The molecule has 0 aliphatic carbocycles. The SMILES string of the molecule is CC/C=C\C/C=C\C/C=C\C/C=C\C/C=C\CCCCCCCCCCCCCC(=O)NC(COP(=O)(O)OCC[N+](C)(C)C)C(O)/C=C/CC/C=C/CCC. The van der Waals surface area contributed by atoms with Crippen molar-refractivity contribution in [1.82, 2.24) is 5.32 Å². The van der Waals surface area contributed by atoms with Gasteiger partial charge < -0.3 is 19.8 Å². The van der Waals surface area contributed by atoms with Crippen LogP contribution in [0.4, 0.5) is 0 Å². The molecule has 9 heteroatoms. The molecule has 0 saturated carbocycles. The number of phosphoric ester groups is 1. The normalized spacial score (nSPS) is 15.2. The summed E-state index contributed by atoms with van der Waals surface area (Å²) in [7, 11) is 1.53. The fraction of sp³-hybridized carbons (Fsp3) is 0.681. The summed E-state index contributed by atoms with van der Waals surface area (Å²) >= 11 is 0. The first kappa shape index (κ1) is 53.7. The number of unbranched alkanes of at least 4 members (excludes halogenated alkanes) is 13. The first-order valence-electron chi connectivity index (χ1n) is 22.0. The van der Waals surface area contributed by atoms with Crippen molar-refractivity contribution in [1.29, 1.82) is 0 Å². The van der Waals surface area contributed by atoms with Gasteiger partial charge in [0.25, 0.3) is 0 Å². The van der Waals surface area contributed by atoms with E-state index in [4.69, 9.17) is 9.05 Å². The zero-order valence-electron chi connectivity index (χ0n) is 36.3. The van der Waals surface area contributed by atoms with Crippen LogP contribution in [0.3, 0.4) is 0 Å². The summed E-state index contributed by atoms with van der Waals surface area (Å²) in [5.74, 6) is -0.200. The van der Waals surface area contributed by atoms with Crippen LogP contribution in [0, 0.1) is 0 Å². The summed E-state index contributed by atoms with van der Waals surface area (Å²) in [6.07, 6.45) is 52.6. The van der Waals surface area contributed by atoms with Crippen LogP contribution in [0.1, 0.15) is 155 Å². The molecule has 0 radical (unpaired) electrons. The van der Waals surface area contributed by atoms with Crippen molar-refractivity contribution in [3.05, 3.63) is 85.1 Å². The van der Waals surface area contributed by atoms with Gasteiger partial charge in [0.1, 0.15) is 13.2 Å². The van der Waals surface area contributed by atoms with Crippen molar-refractivity contribution in [2.45, 2.75) is 167 Å². The maximum atomic E-state index is 12.8. The highest BCUT2D eigenvalue weighted by Crippen LogP contribution is 2.43. The first-order chi connectivity index (χ1) is 27.0. The number of nitrogens with zero attached hydrogens (tertiary/aromatic N) is 1. The van der Waals surface area contributed by atoms with E-state index in [1.165, 1.54) is 57.8 Å². The lowest BCUT2D eigenvalue weighted by atomic mass is 10.0. The highest BCUT2D eigenvalue weighted by atomic mass is 31.2. The van der Waals surface area contributed by atoms with E-state index in [1.807, 2.05) is 27.2 Å². The van der Waals surface area contributed by atoms with Gasteiger partial charge in [-0.15, -0.1) is 0 Å². The molecule has 3 unspecified atom stereocenters. The smallest absolute Gasteiger partial charge is 0.387 e. The maximum absolute atomic E-state index is 12.8. The largest absolute Gasteiger partial charge is 0.472 e. The van der Waals surface area contributed by atoms with Crippen LogP contribution in [0.25, 0.3) is 0 Å². The van der Waals surface area contributed by atoms with Crippen molar-refractivity contribution < 1.29 is 32.9 Å². The van der Waals surface area contributed by atoms with Gasteiger partial charge in [0.2, 0.25) is 5.91 Å². The molecule has 3 N–H and O–H groups in total. The van der Waals surface area contributed by atoms with E-state index in [-0.39, 0.29) is 19.1 Å². The number of carbonyl (C=O) groups is 1. The number of quaternary nitrogens is 1. The molecule has 56 heavy (non-hydrogen) atoms.